The normalized spacial score (nSPS) is 22.1. The van der Waals surface area contributed by atoms with Gasteiger partial charge in [0, 0.05) is 31.1 Å². The van der Waals surface area contributed by atoms with Crippen LogP contribution in [-0.4, -0.2) is 45.3 Å². The van der Waals surface area contributed by atoms with Crippen LogP contribution in [0.2, 0.25) is 0 Å². The molecule has 1 aromatic rings. The van der Waals surface area contributed by atoms with E-state index in [1.165, 1.54) is 11.8 Å². The minimum Gasteiger partial charge on any atom is -0.480 e. The van der Waals surface area contributed by atoms with E-state index in [0.717, 1.165) is 17.3 Å². The van der Waals surface area contributed by atoms with Crippen molar-refractivity contribution < 1.29 is 19.5 Å². The van der Waals surface area contributed by atoms with Gasteiger partial charge in [-0.1, -0.05) is 18.7 Å². The summed E-state index contributed by atoms with van der Waals surface area (Å²) in [4.78, 5) is 37.0. The third-order valence-corrected chi connectivity index (χ3v) is 5.89. The van der Waals surface area contributed by atoms with E-state index in [4.69, 9.17) is 0 Å². The highest BCUT2D eigenvalue weighted by Gasteiger charge is 2.41. The van der Waals surface area contributed by atoms with Gasteiger partial charge in [-0.3, -0.25) is 9.59 Å². The summed E-state index contributed by atoms with van der Waals surface area (Å²) in [7, 11) is 0. The number of likely N-dealkylation sites (tertiary alicyclic amines) is 1. The number of thiophene rings is 1. The monoisotopic (exact) mass is 355 g/mol. The first-order valence-corrected chi connectivity index (χ1v) is 9.55. The average molecular weight is 355 g/mol. The summed E-state index contributed by atoms with van der Waals surface area (Å²) in [6, 6.07) is 1.22. The summed E-state index contributed by atoms with van der Waals surface area (Å²) in [5.41, 5.74) is 1.10. The topological polar surface area (TPSA) is 74.7 Å². The third-order valence-electron chi connectivity index (χ3n) is 4.21. The maximum atomic E-state index is 12.8. The van der Waals surface area contributed by atoms with E-state index < -0.39 is 12.0 Å². The fourth-order valence-electron chi connectivity index (χ4n) is 2.88. The van der Waals surface area contributed by atoms with E-state index in [2.05, 4.69) is 0 Å². The van der Waals surface area contributed by atoms with Crippen LogP contribution in [0.25, 0.3) is 0 Å². The average Bonchev–Trinajstić information content (AvgIpc) is 3.16. The molecule has 2 rings (SSSR count). The van der Waals surface area contributed by atoms with Gasteiger partial charge in [0.25, 0.3) is 0 Å². The summed E-state index contributed by atoms with van der Waals surface area (Å²) >= 11 is 2.70. The zero-order valence-electron chi connectivity index (χ0n) is 13.2. The van der Waals surface area contributed by atoms with Gasteiger partial charge in [-0.25, -0.2) is 4.79 Å². The van der Waals surface area contributed by atoms with Crippen molar-refractivity contribution in [1.29, 1.82) is 0 Å². The lowest BCUT2D eigenvalue weighted by atomic mass is 9.99. The highest BCUT2D eigenvalue weighted by atomic mass is 32.2. The van der Waals surface area contributed by atoms with Crippen LogP contribution in [0.5, 0.6) is 0 Å². The molecule has 3 atom stereocenters. The van der Waals surface area contributed by atoms with Crippen LogP contribution in [0.1, 0.15) is 38.2 Å². The Hall–Kier alpha value is -1.34. The van der Waals surface area contributed by atoms with Gasteiger partial charge < -0.3 is 10.0 Å². The van der Waals surface area contributed by atoms with Crippen molar-refractivity contribution in [2.75, 3.05) is 12.3 Å². The van der Waals surface area contributed by atoms with Gasteiger partial charge in [0.2, 0.25) is 5.91 Å². The van der Waals surface area contributed by atoms with Gasteiger partial charge in [0.05, 0.1) is 0 Å². The van der Waals surface area contributed by atoms with Crippen LogP contribution in [0.3, 0.4) is 0 Å². The Labute approximate surface area is 144 Å². The van der Waals surface area contributed by atoms with E-state index in [9.17, 15) is 19.5 Å². The summed E-state index contributed by atoms with van der Waals surface area (Å²) in [5.74, 6) is -0.927. The van der Waals surface area contributed by atoms with E-state index in [0.29, 0.717) is 25.1 Å². The summed E-state index contributed by atoms with van der Waals surface area (Å²) in [6.07, 6.45) is 1.05. The van der Waals surface area contributed by atoms with Crippen molar-refractivity contribution in [3.05, 3.63) is 22.4 Å². The summed E-state index contributed by atoms with van der Waals surface area (Å²) in [6.45, 7) is 3.81. The van der Waals surface area contributed by atoms with Gasteiger partial charge >= 0.3 is 5.97 Å². The second-order valence-electron chi connectivity index (χ2n) is 5.74. The van der Waals surface area contributed by atoms with Gasteiger partial charge in [-0.15, -0.1) is 0 Å². The Kier molecular flexibility index (Phi) is 6.24. The summed E-state index contributed by atoms with van der Waals surface area (Å²) < 4.78 is 0. The fourth-order valence-corrected chi connectivity index (χ4v) is 4.44. The van der Waals surface area contributed by atoms with Crippen molar-refractivity contribution >= 4 is 40.1 Å². The van der Waals surface area contributed by atoms with E-state index in [1.54, 1.807) is 11.3 Å². The Bertz CT molecular complexity index is 573. The fraction of sp³-hybridized carbons (Fsp3) is 0.562. The highest BCUT2D eigenvalue weighted by Crippen LogP contribution is 2.34. The minimum absolute atomic E-state index is 0.0244. The van der Waals surface area contributed by atoms with Crippen LogP contribution in [0.15, 0.2) is 16.8 Å². The van der Waals surface area contributed by atoms with Crippen LogP contribution in [0.4, 0.5) is 0 Å². The van der Waals surface area contributed by atoms with Crippen molar-refractivity contribution in [3.63, 3.8) is 0 Å². The molecule has 2 heterocycles. The molecule has 1 N–H and O–H groups in total. The number of hydrogen-bond donors (Lipinski definition) is 1. The zero-order chi connectivity index (χ0) is 17.0. The number of rotatable bonds is 6. The molecule has 1 saturated heterocycles. The molecular formula is C16H21NO4S2. The first kappa shape index (κ1) is 18.0. The molecule has 23 heavy (non-hydrogen) atoms. The van der Waals surface area contributed by atoms with E-state index in [1.807, 2.05) is 23.8 Å². The van der Waals surface area contributed by atoms with Gasteiger partial charge in [-0.2, -0.15) is 11.3 Å². The van der Waals surface area contributed by atoms with Gasteiger partial charge in [0.1, 0.15) is 6.04 Å². The maximum absolute atomic E-state index is 12.8. The number of carboxylic acid groups (broad SMARTS) is 1. The predicted molar refractivity (Wildman–Crippen MR) is 91.7 cm³/mol. The van der Waals surface area contributed by atoms with Crippen molar-refractivity contribution in [2.24, 2.45) is 5.92 Å². The summed E-state index contributed by atoms with van der Waals surface area (Å²) in [5, 5.41) is 13.4. The predicted octanol–water partition coefficient (Wildman–Crippen LogP) is 2.82. The Morgan fingerprint density at radius 2 is 2.22 bits per heavy atom. The number of carbonyl (C=O) groups is 3. The third kappa shape index (κ3) is 4.35. The largest absolute Gasteiger partial charge is 0.480 e. The van der Waals surface area contributed by atoms with Crippen LogP contribution in [0, 0.1) is 5.92 Å². The number of aliphatic carboxylic acids is 1. The number of nitrogens with zero attached hydrogens (tertiary/aromatic N) is 1. The van der Waals surface area contributed by atoms with Crippen molar-refractivity contribution in [3.8, 4) is 0 Å². The molecule has 0 spiro atoms. The molecule has 0 saturated carbocycles. The molecule has 5 nitrogen and oxygen atoms in total. The standard InChI is InChI=1S/C16H21NO4S2/c1-3-11(9-23-10(2)18)15(19)17-7-13(6-14(17)16(20)21)12-4-5-22-8-12/h4-5,8,11,13-14H,3,6-7,9H2,1-2H3,(H,20,21)/t11?,13?,14-/m0/s1. The molecule has 1 aliphatic heterocycles. The van der Waals surface area contributed by atoms with E-state index in [-0.39, 0.29) is 22.9 Å². The van der Waals surface area contributed by atoms with Crippen LogP contribution in [-0.2, 0) is 14.4 Å². The lowest BCUT2D eigenvalue weighted by molar-refractivity contribution is -0.149. The lowest BCUT2D eigenvalue weighted by Gasteiger charge is -2.26. The van der Waals surface area contributed by atoms with Crippen molar-refractivity contribution in [2.45, 2.75) is 38.6 Å². The zero-order valence-corrected chi connectivity index (χ0v) is 14.9. The van der Waals surface area contributed by atoms with Gasteiger partial charge in [0.15, 0.2) is 5.12 Å². The minimum atomic E-state index is -0.954. The van der Waals surface area contributed by atoms with Crippen molar-refractivity contribution in [1.82, 2.24) is 4.90 Å². The first-order chi connectivity index (χ1) is 10.9. The molecule has 0 aliphatic carbocycles. The SMILES string of the molecule is CCC(CSC(C)=O)C(=O)N1CC(c2ccsc2)C[C@H]1C(=O)O. The number of carboxylic acids is 1. The molecule has 7 heteroatoms. The molecule has 2 unspecified atom stereocenters. The molecule has 0 aromatic carbocycles. The quantitative estimate of drug-likeness (QED) is 0.849. The number of thioether (sulfide) groups is 1. The number of amides is 1. The maximum Gasteiger partial charge on any atom is 0.326 e. The number of carbonyl (C=O) groups excluding carboxylic acids is 2. The molecule has 126 valence electrons. The first-order valence-electron chi connectivity index (χ1n) is 7.62. The molecule has 1 aromatic heterocycles. The Morgan fingerprint density at radius 3 is 2.74 bits per heavy atom. The van der Waals surface area contributed by atoms with E-state index >= 15 is 0 Å². The second kappa shape index (κ2) is 7.97. The van der Waals surface area contributed by atoms with Gasteiger partial charge in [-0.05, 0) is 35.2 Å². The molecule has 1 aliphatic rings. The Morgan fingerprint density at radius 1 is 1.48 bits per heavy atom. The lowest BCUT2D eigenvalue weighted by Crippen LogP contribution is -2.44. The molecule has 1 amide bonds. The molecule has 0 radical (unpaired) electrons. The Balaban J connectivity index is 2.12. The van der Waals surface area contributed by atoms with Crippen LogP contribution < -0.4 is 0 Å². The molecule has 0 bridgehead atoms. The van der Waals surface area contributed by atoms with Crippen LogP contribution >= 0.6 is 23.1 Å². The second-order valence-corrected chi connectivity index (χ2v) is 7.72. The molecule has 1 fully saturated rings. The smallest absolute Gasteiger partial charge is 0.326 e. The highest BCUT2D eigenvalue weighted by molar-refractivity contribution is 8.13. The number of hydrogen-bond acceptors (Lipinski definition) is 5. The molecular weight excluding hydrogens is 334 g/mol.